The van der Waals surface area contributed by atoms with Gasteiger partial charge in [-0.2, -0.15) is 0 Å². The second kappa shape index (κ2) is 5.23. The van der Waals surface area contributed by atoms with Crippen LogP contribution < -0.4 is 10.5 Å². The molecule has 2 aromatic rings. The maximum atomic E-state index is 11.2. The van der Waals surface area contributed by atoms with Crippen molar-refractivity contribution in [3.05, 3.63) is 39.8 Å². The summed E-state index contributed by atoms with van der Waals surface area (Å²) in [7, 11) is -3.73. The number of sulfonamides is 1. The first-order chi connectivity index (χ1) is 8.47. The number of rotatable bonds is 4. The van der Waals surface area contributed by atoms with Crippen molar-refractivity contribution in [2.45, 2.75) is 11.4 Å². The van der Waals surface area contributed by atoms with Crippen molar-refractivity contribution in [3.8, 4) is 0 Å². The van der Waals surface area contributed by atoms with Gasteiger partial charge in [-0.25, -0.2) is 18.5 Å². The van der Waals surface area contributed by atoms with Crippen LogP contribution in [-0.2, 0) is 16.6 Å². The largest absolute Gasteiger partial charge is 0.378 e. The Labute approximate surface area is 114 Å². The summed E-state index contributed by atoms with van der Waals surface area (Å²) in [4.78, 5) is 4.12. The van der Waals surface area contributed by atoms with Crippen molar-refractivity contribution in [1.82, 2.24) is 4.98 Å². The van der Waals surface area contributed by atoms with Crippen LogP contribution in [0.2, 0.25) is 5.02 Å². The number of primary sulfonamides is 1. The molecule has 1 heterocycles. The van der Waals surface area contributed by atoms with Crippen molar-refractivity contribution < 1.29 is 8.42 Å². The Morgan fingerprint density at radius 2 is 2.22 bits per heavy atom. The Balaban J connectivity index is 2.22. The number of benzene rings is 1. The van der Waals surface area contributed by atoms with E-state index < -0.39 is 10.0 Å². The van der Waals surface area contributed by atoms with Crippen LogP contribution in [0, 0.1) is 0 Å². The SMILES string of the molecule is NS(=O)(=O)c1ccc(Cl)c(NCc2cscn2)c1. The summed E-state index contributed by atoms with van der Waals surface area (Å²) in [5.41, 5.74) is 3.09. The molecule has 0 radical (unpaired) electrons. The highest BCUT2D eigenvalue weighted by atomic mass is 35.5. The second-order valence-electron chi connectivity index (χ2n) is 3.52. The molecule has 0 saturated heterocycles. The van der Waals surface area contributed by atoms with E-state index in [0.29, 0.717) is 17.3 Å². The number of thiazole rings is 1. The van der Waals surface area contributed by atoms with E-state index in [1.165, 1.54) is 29.5 Å². The first-order valence-corrected chi connectivity index (χ1v) is 7.77. The van der Waals surface area contributed by atoms with Gasteiger partial charge in [0.2, 0.25) is 10.0 Å². The van der Waals surface area contributed by atoms with Crippen molar-refractivity contribution in [2.24, 2.45) is 5.14 Å². The highest BCUT2D eigenvalue weighted by Crippen LogP contribution is 2.25. The fourth-order valence-corrected chi connectivity index (χ4v) is 2.61. The zero-order valence-electron chi connectivity index (χ0n) is 9.13. The van der Waals surface area contributed by atoms with E-state index in [0.717, 1.165) is 5.69 Å². The van der Waals surface area contributed by atoms with E-state index in [9.17, 15) is 8.42 Å². The Morgan fingerprint density at radius 1 is 1.44 bits per heavy atom. The summed E-state index contributed by atoms with van der Waals surface area (Å²) < 4.78 is 22.5. The number of anilines is 1. The number of nitrogens with two attached hydrogens (primary N) is 1. The van der Waals surface area contributed by atoms with Crippen LogP contribution in [0.1, 0.15) is 5.69 Å². The molecule has 0 spiro atoms. The molecule has 0 fully saturated rings. The lowest BCUT2D eigenvalue weighted by Crippen LogP contribution is -2.12. The molecule has 2 rings (SSSR count). The molecule has 0 aliphatic heterocycles. The summed E-state index contributed by atoms with van der Waals surface area (Å²) >= 11 is 7.46. The quantitative estimate of drug-likeness (QED) is 0.905. The van der Waals surface area contributed by atoms with Crippen LogP contribution in [-0.4, -0.2) is 13.4 Å². The number of nitrogens with one attached hydrogen (secondary N) is 1. The third-order valence-corrected chi connectivity index (χ3v) is 4.09. The summed E-state index contributed by atoms with van der Waals surface area (Å²) in [6, 6.07) is 4.26. The van der Waals surface area contributed by atoms with Gasteiger partial charge in [-0.3, -0.25) is 0 Å². The van der Waals surface area contributed by atoms with Gasteiger partial charge >= 0.3 is 0 Å². The highest BCUT2D eigenvalue weighted by molar-refractivity contribution is 7.89. The van der Waals surface area contributed by atoms with Gasteiger partial charge in [0.15, 0.2) is 0 Å². The van der Waals surface area contributed by atoms with Crippen molar-refractivity contribution in [3.63, 3.8) is 0 Å². The van der Waals surface area contributed by atoms with Crippen LogP contribution in [0.25, 0.3) is 0 Å². The number of hydrogen-bond donors (Lipinski definition) is 2. The topological polar surface area (TPSA) is 85.1 Å². The highest BCUT2D eigenvalue weighted by Gasteiger charge is 2.10. The van der Waals surface area contributed by atoms with E-state index in [4.69, 9.17) is 16.7 Å². The van der Waals surface area contributed by atoms with Gasteiger partial charge in [-0.15, -0.1) is 11.3 Å². The average molecular weight is 304 g/mol. The molecule has 0 amide bonds. The normalized spacial score (nSPS) is 11.4. The van der Waals surface area contributed by atoms with Gasteiger partial charge in [0.05, 0.1) is 33.4 Å². The van der Waals surface area contributed by atoms with Gasteiger partial charge in [0, 0.05) is 5.38 Å². The van der Waals surface area contributed by atoms with E-state index >= 15 is 0 Å². The van der Waals surface area contributed by atoms with Gasteiger partial charge in [-0.1, -0.05) is 11.6 Å². The van der Waals surface area contributed by atoms with E-state index in [1.54, 1.807) is 5.51 Å². The molecule has 3 N–H and O–H groups in total. The Hall–Kier alpha value is -1.15. The van der Waals surface area contributed by atoms with Gasteiger partial charge in [-0.05, 0) is 18.2 Å². The smallest absolute Gasteiger partial charge is 0.238 e. The molecular weight excluding hydrogens is 294 g/mol. The van der Waals surface area contributed by atoms with Crippen molar-refractivity contribution >= 4 is 38.6 Å². The third-order valence-electron chi connectivity index (χ3n) is 2.21. The van der Waals surface area contributed by atoms with Crippen LogP contribution in [0.15, 0.2) is 34.0 Å². The standard InChI is InChI=1S/C10H10ClN3O2S2/c11-9-2-1-8(18(12,15)16)3-10(9)13-4-7-5-17-6-14-7/h1-3,5-6,13H,4H2,(H2,12,15,16). The molecule has 96 valence electrons. The first-order valence-electron chi connectivity index (χ1n) is 4.90. The molecule has 0 aliphatic rings. The third kappa shape index (κ3) is 3.20. The predicted molar refractivity (Wildman–Crippen MR) is 72.3 cm³/mol. The zero-order valence-corrected chi connectivity index (χ0v) is 11.5. The molecule has 5 nitrogen and oxygen atoms in total. The minimum Gasteiger partial charge on any atom is -0.378 e. The number of halogens is 1. The number of hydrogen-bond acceptors (Lipinski definition) is 5. The number of aromatic nitrogens is 1. The van der Waals surface area contributed by atoms with E-state index in [2.05, 4.69) is 10.3 Å². The average Bonchev–Trinajstić information content (AvgIpc) is 2.79. The lowest BCUT2D eigenvalue weighted by Gasteiger charge is -2.08. The minimum absolute atomic E-state index is 0.0210. The molecule has 8 heteroatoms. The van der Waals surface area contributed by atoms with Crippen LogP contribution >= 0.6 is 22.9 Å². The Morgan fingerprint density at radius 3 is 2.83 bits per heavy atom. The fourth-order valence-electron chi connectivity index (χ4n) is 1.33. The van der Waals surface area contributed by atoms with Crippen molar-refractivity contribution in [2.75, 3.05) is 5.32 Å². The number of nitrogens with zero attached hydrogens (tertiary/aromatic N) is 1. The molecule has 0 bridgehead atoms. The molecule has 0 aliphatic carbocycles. The summed E-state index contributed by atoms with van der Waals surface area (Å²) in [6.45, 7) is 0.470. The molecular formula is C10H10ClN3O2S2. The summed E-state index contributed by atoms with van der Waals surface area (Å²) in [5.74, 6) is 0. The van der Waals surface area contributed by atoms with Crippen LogP contribution in [0.4, 0.5) is 5.69 Å². The molecule has 0 atom stereocenters. The lowest BCUT2D eigenvalue weighted by atomic mass is 10.3. The zero-order chi connectivity index (χ0) is 13.2. The Kier molecular flexibility index (Phi) is 3.86. The maximum Gasteiger partial charge on any atom is 0.238 e. The summed E-state index contributed by atoms with van der Waals surface area (Å²) in [5, 5.41) is 10.4. The maximum absolute atomic E-state index is 11.2. The fraction of sp³-hybridized carbons (Fsp3) is 0.100. The monoisotopic (exact) mass is 303 g/mol. The van der Waals surface area contributed by atoms with Crippen LogP contribution in [0.3, 0.4) is 0 Å². The first kappa shape index (κ1) is 13.3. The van der Waals surface area contributed by atoms with Crippen LogP contribution in [0.5, 0.6) is 0 Å². The van der Waals surface area contributed by atoms with E-state index in [-0.39, 0.29) is 4.90 Å². The molecule has 1 aromatic heterocycles. The Bertz CT molecular complexity index is 641. The molecule has 0 saturated carbocycles. The van der Waals surface area contributed by atoms with E-state index in [1.807, 2.05) is 5.38 Å². The summed E-state index contributed by atoms with van der Waals surface area (Å²) in [6.07, 6.45) is 0. The van der Waals surface area contributed by atoms with Crippen molar-refractivity contribution in [1.29, 1.82) is 0 Å². The van der Waals surface area contributed by atoms with Gasteiger partial charge < -0.3 is 5.32 Å². The van der Waals surface area contributed by atoms with Gasteiger partial charge in [0.1, 0.15) is 0 Å². The molecule has 1 aromatic carbocycles. The molecule has 0 unspecified atom stereocenters. The minimum atomic E-state index is -3.73. The second-order valence-corrected chi connectivity index (χ2v) is 6.21. The molecule has 18 heavy (non-hydrogen) atoms. The van der Waals surface area contributed by atoms with Gasteiger partial charge in [0.25, 0.3) is 0 Å². The lowest BCUT2D eigenvalue weighted by molar-refractivity contribution is 0.598. The predicted octanol–water partition coefficient (Wildman–Crippen LogP) is 2.06.